The van der Waals surface area contributed by atoms with Gasteiger partial charge in [-0.15, -0.1) is 0 Å². The van der Waals surface area contributed by atoms with E-state index in [9.17, 15) is 4.79 Å². The van der Waals surface area contributed by atoms with Crippen LogP contribution >= 0.6 is 0 Å². The highest BCUT2D eigenvalue weighted by atomic mass is 16.5. The Morgan fingerprint density at radius 3 is 1.65 bits per heavy atom. The van der Waals surface area contributed by atoms with Gasteiger partial charge in [0.1, 0.15) is 11.5 Å². The molecule has 2 atom stereocenters. The number of hydrogen-bond acceptors (Lipinski definition) is 3. The predicted molar refractivity (Wildman–Crippen MR) is 106 cm³/mol. The maximum Gasteiger partial charge on any atom is 0.323 e. The molecule has 0 bridgehead atoms. The predicted octanol–water partition coefficient (Wildman–Crippen LogP) is 5.69. The smallest absolute Gasteiger partial charge is 0.323 e. The molecule has 140 valence electrons. The zero-order valence-corrected chi connectivity index (χ0v) is 15.9. The molecule has 2 aromatic carbocycles. The lowest BCUT2D eigenvalue weighted by molar-refractivity contribution is 0.217. The highest BCUT2D eigenvalue weighted by Gasteiger charge is 2.07. The van der Waals surface area contributed by atoms with Crippen LogP contribution in [-0.2, 0) is 0 Å². The second-order valence-electron chi connectivity index (χ2n) is 6.31. The molecule has 0 aliphatic rings. The molecule has 5 heteroatoms. The summed E-state index contributed by atoms with van der Waals surface area (Å²) in [5, 5.41) is 5.65. The lowest BCUT2D eigenvalue weighted by Crippen LogP contribution is -2.19. The van der Waals surface area contributed by atoms with E-state index in [1.165, 1.54) is 0 Å². The third kappa shape index (κ3) is 6.31. The van der Waals surface area contributed by atoms with E-state index in [0.29, 0.717) is 11.4 Å². The third-order valence-electron chi connectivity index (χ3n) is 4.01. The number of urea groups is 1. The average molecular weight is 356 g/mol. The number of anilines is 2. The van der Waals surface area contributed by atoms with Gasteiger partial charge in [-0.3, -0.25) is 0 Å². The largest absolute Gasteiger partial charge is 0.491 e. The van der Waals surface area contributed by atoms with Gasteiger partial charge in [-0.05, 0) is 51.0 Å². The summed E-state index contributed by atoms with van der Waals surface area (Å²) in [6, 6.07) is 14.4. The van der Waals surface area contributed by atoms with Gasteiger partial charge in [0.2, 0.25) is 0 Å². The van der Waals surface area contributed by atoms with E-state index < -0.39 is 0 Å². The summed E-state index contributed by atoms with van der Waals surface area (Å²) in [5.74, 6) is 1.47. The molecular formula is C21H28N2O3. The van der Waals surface area contributed by atoms with Gasteiger partial charge < -0.3 is 20.1 Å². The second kappa shape index (κ2) is 9.70. The quantitative estimate of drug-likeness (QED) is 0.639. The van der Waals surface area contributed by atoms with Gasteiger partial charge in [0.15, 0.2) is 0 Å². The Balaban J connectivity index is 1.96. The van der Waals surface area contributed by atoms with Crippen LogP contribution in [0.15, 0.2) is 48.5 Å². The summed E-state index contributed by atoms with van der Waals surface area (Å²) in [7, 11) is 0. The van der Waals surface area contributed by atoms with Crippen LogP contribution in [0.3, 0.4) is 0 Å². The molecule has 2 unspecified atom stereocenters. The second-order valence-corrected chi connectivity index (χ2v) is 6.31. The van der Waals surface area contributed by atoms with Gasteiger partial charge in [-0.25, -0.2) is 4.79 Å². The number of benzene rings is 2. The molecule has 5 nitrogen and oxygen atoms in total. The minimum Gasteiger partial charge on any atom is -0.491 e. The monoisotopic (exact) mass is 356 g/mol. The molecule has 2 N–H and O–H groups in total. The molecule has 0 aromatic heterocycles. The highest BCUT2D eigenvalue weighted by molar-refractivity contribution is 5.99. The Morgan fingerprint density at radius 1 is 0.846 bits per heavy atom. The number of hydrogen-bond donors (Lipinski definition) is 2. The fraction of sp³-hybridized carbons (Fsp3) is 0.381. The lowest BCUT2D eigenvalue weighted by Gasteiger charge is -2.15. The average Bonchev–Trinajstić information content (AvgIpc) is 2.62. The maximum absolute atomic E-state index is 12.3. The number of amides is 2. The lowest BCUT2D eigenvalue weighted by atomic mass is 10.2. The van der Waals surface area contributed by atoms with Crippen LogP contribution in [0.5, 0.6) is 11.5 Å². The van der Waals surface area contributed by atoms with Crippen molar-refractivity contribution >= 4 is 17.4 Å². The molecule has 2 amide bonds. The van der Waals surface area contributed by atoms with Crippen LogP contribution in [0.4, 0.5) is 16.2 Å². The van der Waals surface area contributed by atoms with Crippen molar-refractivity contribution in [2.45, 2.75) is 52.7 Å². The fourth-order valence-corrected chi connectivity index (χ4v) is 2.22. The van der Waals surface area contributed by atoms with E-state index in [4.69, 9.17) is 9.47 Å². The molecule has 0 heterocycles. The zero-order chi connectivity index (χ0) is 18.9. The van der Waals surface area contributed by atoms with Crippen LogP contribution in [0.1, 0.15) is 40.5 Å². The normalized spacial score (nSPS) is 12.8. The van der Waals surface area contributed by atoms with Gasteiger partial charge >= 0.3 is 6.03 Å². The highest BCUT2D eigenvalue weighted by Crippen LogP contribution is 2.21. The number of carbonyl (C=O) groups excluding carboxylic acids is 1. The molecule has 0 fully saturated rings. The van der Waals surface area contributed by atoms with E-state index >= 15 is 0 Å². The first-order chi connectivity index (χ1) is 12.5. The first-order valence-corrected chi connectivity index (χ1v) is 9.11. The molecule has 26 heavy (non-hydrogen) atoms. The summed E-state index contributed by atoms with van der Waals surface area (Å²) in [6.07, 6.45) is 2.11. The van der Waals surface area contributed by atoms with Crippen molar-refractivity contribution in [3.05, 3.63) is 48.5 Å². The number of carbonyl (C=O) groups is 1. The van der Waals surface area contributed by atoms with Crippen molar-refractivity contribution in [2.75, 3.05) is 10.6 Å². The molecule has 0 radical (unpaired) electrons. The van der Waals surface area contributed by atoms with Gasteiger partial charge in [0.25, 0.3) is 0 Å². The molecule has 0 saturated carbocycles. The van der Waals surface area contributed by atoms with Crippen molar-refractivity contribution < 1.29 is 14.3 Å². The topological polar surface area (TPSA) is 59.6 Å². The van der Waals surface area contributed by atoms with Crippen LogP contribution in [0.2, 0.25) is 0 Å². The number of rotatable bonds is 8. The molecule has 0 spiro atoms. The summed E-state index contributed by atoms with van der Waals surface area (Å²) >= 11 is 0. The Morgan fingerprint density at radius 2 is 1.27 bits per heavy atom. The van der Waals surface area contributed by atoms with E-state index in [1.807, 2.05) is 62.4 Å². The standard InChI is InChI=1S/C21H28N2O3/c1-5-15(3)25-19-11-7-9-17(13-19)22-21(24)23-18-10-8-12-20(14-18)26-16(4)6-2/h7-16H,5-6H2,1-4H3,(H2,22,23,24). The Kier molecular flexibility index (Phi) is 7.33. The van der Waals surface area contributed by atoms with Crippen molar-refractivity contribution in [2.24, 2.45) is 0 Å². The van der Waals surface area contributed by atoms with E-state index in [-0.39, 0.29) is 18.2 Å². The van der Waals surface area contributed by atoms with Crippen molar-refractivity contribution in [3.63, 3.8) is 0 Å². The third-order valence-corrected chi connectivity index (χ3v) is 4.01. The molecule has 0 aliphatic heterocycles. The van der Waals surface area contributed by atoms with Gasteiger partial charge in [-0.1, -0.05) is 26.0 Å². The molecule has 0 saturated heterocycles. The van der Waals surface area contributed by atoms with E-state index in [1.54, 1.807) is 0 Å². The zero-order valence-electron chi connectivity index (χ0n) is 15.9. The summed E-state index contributed by atoms with van der Waals surface area (Å²) < 4.78 is 11.6. The van der Waals surface area contributed by atoms with Crippen molar-refractivity contribution in [1.29, 1.82) is 0 Å². The van der Waals surface area contributed by atoms with Gasteiger partial charge in [0.05, 0.1) is 12.2 Å². The Labute approximate surface area is 155 Å². The number of ether oxygens (including phenoxy) is 2. The molecular weight excluding hydrogens is 328 g/mol. The summed E-state index contributed by atoms with van der Waals surface area (Å²) in [4.78, 5) is 12.3. The van der Waals surface area contributed by atoms with Crippen LogP contribution < -0.4 is 20.1 Å². The number of nitrogens with one attached hydrogen (secondary N) is 2. The van der Waals surface area contributed by atoms with Crippen LogP contribution in [-0.4, -0.2) is 18.2 Å². The Bertz CT molecular complexity index is 658. The molecule has 2 rings (SSSR count). The van der Waals surface area contributed by atoms with Crippen LogP contribution in [0.25, 0.3) is 0 Å². The van der Waals surface area contributed by atoms with Crippen LogP contribution in [0, 0.1) is 0 Å². The van der Waals surface area contributed by atoms with Gasteiger partial charge in [-0.2, -0.15) is 0 Å². The van der Waals surface area contributed by atoms with E-state index in [0.717, 1.165) is 24.3 Å². The van der Waals surface area contributed by atoms with Gasteiger partial charge in [0, 0.05) is 23.5 Å². The van der Waals surface area contributed by atoms with E-state index in [2.05, 4.69) is 24.5 Å². The van der Waals surface area contributed by atoms with Crippen molar-refractivity contribution in [3.8, 4) is 11.5 Å². The Hall–Kier alpha value is -2.69. The minimum atomic E-state index is -0.314. The van der Waals surface area contributed by atoms with Crippen molar-refractivity contribution in [1.82, 2.24) is 0 Å². The molecule has 2 aromatic rings. The first kappa shape index (κ1) is 19.6. The summed E-state index contributed by atoms with van der Waals surface area (Å²) in [5.41, 5.74) is 1.35. The first-order valence-electron chi connectivity index (χ1n) is 9.11. The minimum absolute atomic E-state index is 0.132. The maximum atomic E-state index is 12.3. The molecule has 0 aliphatic carbocycles. The summed E-state index contributed by atoms with van der Waals surface area (Å²) in [6.45, 7) is 8.17. The SMILES string of the molecule is CCC(C)Oc1cccc(NC(=O)Nc2cccc(OC(C)CC)c2)c1. The fourth-order valence-electron chi connectivity index (χ4n) is 2.22.